The maximum absolute atomic E-state index is 12.7. The van der Waals surface area contributed by atoms with Crippen LogP contribution in [0, 0.1) is 0 Å². The van der Waals surface area contributed by atoms with Gasteiger partial charge in [-0.1, -0.05) is 6.07 Å². The van der Waals surface area contributed by atoms with E-state index in [0.717, 1.165) is 5.56 Å². The fourth-order valence-corrected chi connectivity index (χ4v) is 3.77. The Kier molecular flexibility index (Phi) is 3.50. The molecule has 0 amide bonds. The van der Waals surface area contributed by atoms with E-state index in [1.807, 2.05) is 6.07 Å². The van der Waals surface area contributed by atoms with Crippen LogP contribution < -0.4 is 18.9 Å². The summed E-state index contributed by atoms with van der Waals surface area (Å²) in [5.74, 6) is 2.28. The predicted octanol–water partition coefficient (Wildman–Crippen LogP) is 1.96. The van der Waals surface area contributed by atoms with Gasteiger partial charge in [-0.15, -0.1) is 0 Å². The molecule has 8 heteroatoms. The summed E-state index contributed by atoms with van der Waals surface area (Å²) in [4.78, 5) is 0.162. The molecule has 2 aliphatic heterocycles. The molecule has 4 rings (SSSR count). The molecule has 126 valence electrons. The number of benzene rings is 2. The first kappa shape index (κ1) is 15.1. The third-order valence-corrected chi connectivity index (χ3v) is 5.69. The summed E-state index contributed by atoms with van der Waals surface area (Å²) in [5.41, 5.74) is 0.811. The van der Waals surface area contributed by atoms with E-state index in [-0.39, 0.29) is 25.0 Å². The summed E-state index contributed by atoms with van der Waals surface area (Å²) in [5, 5.41) is 0. The second-order valence-corrected chi connectivity index (χ2v) is 7.51. The zero-order chi connectivity index (χ0) is 16.7. The summed E-state index contributed by atoms with van der Waals surface area (Å²) >= 11 is 0. The number of sulfonamides is 1. The van der Waals surface area contributed by atoms with Gasteiger partial charge >= 0.3 is 0 Å². The molecular weight excluding hydrogens is 334 g/mol. The van der Waals surface area contributed by atoms with E-state index in [2.05, 4.69) is 0 Å². The van der Waals surface area contributed by atoms with Gasteiger partial charge in [-0.2, -0.15) is 4.31 Å². The lowest BCUT2D eigenvalue weighted by Crippen LogP contribution is -2.26. The van der Waals surface area contributed by atoms with Crippen molar-refractivity contribution in [1.29, 1.82) is 0 Å². The number of nitrogens with zero attached hydrogens (tertiary/aromatic N) is 1. The molecule has 0 atom stereocenters. The van der Waals surface area contributed by atoms with Gasteiger partial charge in [0.1, 0.15) is 0 Å². The van der Waals surface area contributed by atoms with Crippen molar-refractivity contribution in [1.82, 2.24) is 4.31 Å². The third kappa shape index (κ3) is 2.53. The molecule has 2 aromatic rings. The van der Waals surface area contributed by atoms with Crippen LogP contribution in [0.2, 0.25) is 0 Å². The molecule has 2 heterocycles. The second kappa shape index (κ2) is 5.57. The summed E-state index contributed by atoms with van der Waals surface area (Å²) in [6.07, 6.45) is 0. The van der Waals surface area contributed by atoms with Gasteiger partial charge in [0.15, 0.2) is 23.0 Å². The molecule has 0 N–H and O–H groups in total. The Hall–Kier alpha value is -2.45. The zero-order valence-electron chi connectivity index (χ0n) is 12.9. The van der Waals surface area contributed by atoms with Crippen molar-refractivity contribution in [2.75, 3.05) is 20.6 Å². The minimum atomic E-state index is -3.65. The summed E-state index contributed by atoms with van der Waals surface area (Å²) < 4.78 is 47.8. The quantitative estimate of drug-likeness (QED) is 0.840. The first-order valence-corrected chi connectivity index (χ1v) is 8.72. The van der Waals surface area contributed by atoms with Gasteiger partial charge in [-0.25, -0.2) is 8.42 Å². The molecule has 24 heavy (non-hydrogen) atoms. The summed E-state index contributed by atoms with van der Waals surface area (Å²) in [6, 6.07) is 9.97. The molecule has 0 aromatic heterocycles. The first-order valence-electron chi connectivity index (χ1n) is 7.28. The van der Waals surface area contributed by atoms with Gasteiger partial charge in [-0.05, 0) is 29.8 Å². The molecule has 2 aromatic carbocycles. The van der Waals surface area contributed by atoms with E-state index in [9.17, 15) is 8.42 Å². The lowest BCUT2D eigenvalue weighted by atomic mass is 10.2. The summed E-state index contributed by atoms with van der Waals surface area (Å²) in [6.45, 7) is 0.503. The van der Waals surface area contributed by atoms with Gasteiger partial charge < -0.3 is 18.9 Å². The Morgan fingerprint density at radius 1 is 0.875 bits per heavy atom. The highest BCUT2D eigenvalue weighted by molar-refractivity contribution is 7.89. The topological polar surface area (TPSA) is 74.3 Å². The molecule has 0 unspecified atom stereocenters. The minimum Gasteiger partial charge on any atom is -0.454 e. The van der Waals surface area contributed by atoms with Crippen molar-refractivity contribution in [2.45, 2.75) is 11.4 Å². The average Bonchev–Trinajstić information content (AvgIpc) is 3.22. The van der Waals surface area contributed by atoms with Crippen LogP contribution in [0.1, 0.15) is 5.56 Å². The van der Waals surface area contributed by atoms with E-state index in [1.165, 1.54) is 23.5 Å². The number of hydrogen-bond donors (Lipinski definition) is 0. The highest BCUT2D eigenvalue weighted by atomic mass is 32.2. The maximum Gasteiger partial charge on any atom is 0.243 e. The number of ether oxygens (including phenoxy) is 4. The van der Waals surface area contributed by atoms with Gasteiger partial charge in [0.05, 0.1) is 4.90 Å². The Labute approximate surface area is 139 Å². The van der Waals surface area contributed by atoms with E-state index < -0.39 is 10.0 Å². The van der Waals surface area contributed by atoms with E-state index in [4.69, 9.17) is 18.9 Å². The molecule has 0 spiro atoms. The van der Waals surface area contributed by atoms with Crippen LogP contribution >= 0.6 is 0 Å². The highest BCUT2D eigenvalue weighted by Crippen LogP contribution is 2.35. The molecule has 0 radical (unpaired) electrons. The van der Waals surface area contributed by atoms with Crippen molar-refractivity contribution in [3.63, 3.8) is 0 Å². The van der Waals surface area contributed by atoms with Crippen molar-refractivity contribution < 1.29 is 27.4 Å². The largest absolute Gasteiger partial charge is 0.454 e. The average molecular weight is 349 g/mol. The molecule has 0 bridgehead atoms. The number of hydrogen-bond acceptors (Lipinski definition) is 6. The molecule has 2 aliphatic rings. The van der Waals surface area contributed by atoms with Crippen molar-refractivity contribution >= 4 is 10.0 Å². The third-order valence-electron chi connectivity index (χ3n) is 3.89. The first-order chi connectivity index (χ1) is 11.5. The molecular formula is C16H15NO6S. The van der Waals surface area contributed by atoms with E-state index >= 15 is 0 Å². The molecule has 7 nitrogen and oxygen atoms in total. The van der Waals surface area contributed by atoms with E-state index in [0.29, 0.717) is 23.0 Å². The molecule has 0 saturated heterocycles. The zero-order valence-corrected chi connectivity index (χ0v) is 13.7. The number of fused-ring (bicyclic) bond motifs is 2. The second-order valence-electron chi connectivity index (χ2n) is 5.46. The molecule has 0 saturated carbocycles. The standard InChI is InChI=1S/C16H15NO6S/c1-17(8-11-2-4-13-15(6-11)22-9-20-13)24(18,19)12-3-5-14-16(7-12)23-10-21-14/h2-7H,8-10H2,1H3. The Bertz CT molecular complexity index is 895. The van der Waals surface area contributed by atoms with Gasteiger partial charge in [0, 0.05) is 19.7 Å². The molecule has 0 aliphatic carbocycles. The van der Waals surface area contributed by atoms with Crippen LogP contribution in [0.3, 0.4) is 0 Å². The van der Waals surface area contributed by atoms with E-state index in [1.54, 1.807) is 18.2 Å². The van der Waals surface area contributed by atoms with Crippen LogP contribution in [-0.2, 0) is 16.6 Å². The Balaban J connectivity index is 1.57. The van der Waals surface area contributed by atoms with Gasteiger partial charge in [0.2, 0.25) is 23.6 Å². The lowest BCUT2D eigenvalue weighted by molar-refractivity contribution is 0.173. The molecule has 0 fully saturated rings. The van der Waals surface area contributed by atoms with Crippen LogP contribution in [0.15, 0.2) is 41.3 Å². The normalized spacial score (nSPS) is 15.1. The van der Waals surface area contributed by atoms with Crippen LogP contribution in [0.5, 0.6) is 23.0 Å². The van der Waals surface area contributed by atoms with Crippen molar-refractivity contribution in [3.05, 3.63) is 42.0 Å². The van der Waals surface area contributed by atoms with Gasteiger partial charge in [0.25, 0.3) is 0 Å². The predicted molar refractivity (Wildman–Crippen MR) is 83.8 cm³/mol. The fraction of sp³-hybridized carbons (Fsp3) is 0.250. The smallest absolute Gasteiger partial charge is 0.243 e. The number of rotatable bonds is 4. The lowest BCUT2D eigenvalue weighted by Gasteiger charge is -2.17. The maximum atomic E-state index is 12.7. The van der Waals surface area contributed by atoms with Crippen LogP contribution in [0.4, 0.5) is 0 Å². The fourth-order valence-electron chi connectivity index (χ4n) is 2.60. The monoisotopic (exact) mass is 349 g/mol. The SMILES string of the molecule is CN(Cc1ccc2c(c1)OCO2)S(=O)(=O)c1ccc2c(c1)OCO2. The van der Waals surface area contributed by atoms with Gasteiger partial charge in [-0.3, -0.25) is 0 Å². The Morgan fingerprint density at radius 3 is 2.17 bits per heavy atom. The van der Waals surface area contributed by atoms with Crippen LogP contribution in [0.25, 0.3) is 0 Å². The summed E-state index contributed by atoms with van der Waals surface area (Å²) in [7, 11) is -2.11. The Morgan fingerprint density at radius 2 is 1.46 bits per heavy atom. The van der Waals surface area contributed by atoms with Crippen molar-refractivity contribution in [3.8, 4) is 23.0 Å². The van der Waals surface area contributed by atoms with Crippen LogP contribution in [-0.4, -0.2) is 33.4 Å². The highest BCUT2D eigenvalue weighted by Gasteiger charge is 2.25. The van der Waals surface area contributed by atoms with Crippen molar-refractivity contribution in [2.24, 2.45) is 0 Å². The minimum absolute atomic E-state index is 0.103.